The van der Waals surface area contributed by atoms with Crippen LogP contribution < -0.4 is 0 Å². The van der Waals surface area contributed by atoms with E-state index in [-0.39, 0.29) is 0 Å². The van der Waals surface area contributed by atoms with Gasteiger partial charge in [0.25, 0.3) is 0 Å². The van der Waals surface area contributed by atoms with E-state index in [1.54, 1.807) is 0 Å². The van der Waals surface area contributed by atoms with Crippen LogP contribution in [-0.2, 0) is 4.74 Å². The van der Waals surface area contributed by atoms with Crippen LogP contribution >= 0.6 is 0 Å². The van der Waals surface area contributed by atoms with E-state index in [1.165, 1.54) is 19.3 Å². The number of rotatable bonds is 3. The Kier molecular flexibility index (Phi) is 3.53. The summed E-state index contributed by atoms with van der Waals surface area (Å²) in [4.78, 5) is 2.44. The maximum atomic E-state index is 5.56. The Morgan fingerprint density at radius 1 is 1.42 bits per heavy atom. The van der Waals surface area contributed by atoms with E-state index >= 15 is 0 Å². The first kappa shape index (κ1) is 10.0. The molecule has 0 aromatic carbocycles. The number of nitrogens with zero attached hydrogens (tertiary/aromatic N) is 1. The van der Waals surface area contributed by atoms with Gasteiger partial charge in [-0.1, -0.05) is 13.8 Å². The molecule has 12 heavy (non-hydrogen) atoms. The SMILES string of the molecule is CCN(C)C1(CC)CCCOC1. The smallest absolute Gasteiger partial charge is 0.0650 e. The van der Waals surface area contributed by atoms with Gasteiger partial charge >= 0.3 is 0 Å². The molecule has 0 saturated carbocycles. The molecule has 1 unspecified atom stereocenters. The third-order valence-electron chi connectivity index (χ3n) is 3.24. The zero-order valence-electron chi connectivity index (χ0n) is 8.60. The van der Waals surface area contributed by atoms with Crippen LogP contribution in [0.4, 0.5) is 0 Å². The first-order valence-corrected chi connectivity index (χ1v) is 5.04. The van der Waals surface area contributed by atoms with E-state index < -0.39 is 0 Å². The van der Waals surface area contributed by atoms with E-state index in [1.807, 2.05) is 0 Å². The predicted octanol–water partition coefficient (Wildman–Crippen LogP) is 1.90. The van der Waals surface area contributed by atoms with Crippen molar-refractivity contribution in [1.29, 1.82) is 0 Å². The van der Waals surface area contributed by atoms with Gasteiger partial charge in [0, 0.05) is 12.1 Å². The molecule has 2 heteroatoms. The Morgan fingerprint density at radius 2 is 2.17 bits per heavy atom. The Labute approximate surface area is 75.9 Å². The van der Waals surface area contributed by atoms with E-state index in [0.29, 0.717) is 5.54 Å². The molecule has 1 heterocycles. The van der Waals surface area contributed by atoms with Crippen molar-refractivity contribution in [3.63, 3.8) is 0 Å². The number of ether oxygens (including phenoxy) is 1. The second-order valence-corrected chi connectivity index (χ2v) is 3.75. The van der Waals surface area contributed by atoms with Gasteiger partial charge in [-0.2, -0.15) is 0 Å². The Hall–Kier alpha value is -0.0800. The normalized spacial score (nSPS) is 31.0. The van der Waals surface area contributed by atoms with Gasteiger partial charge in [0.05, 0.1) is 6.61 Å². The fraction of sp³-hybridized carbons (Fsp3) is 1.00. The van der Waals surface area contributed by atoms with E-state index in [4.69, 9.17) is 4.74 Å². The highest BCUT2D eigenvalue weighted by Gasteiger charge is 2.33. The summed E-state index contributed by atoms with van der Waals surface area (Å²) < 4.78 is 5.56. The minimum Gasteiger partial charge on any atom is -0.380 e. The molecular weight excluding hydrogens is 150 g/mol. The maximum Gasteiger partial charge on any atom is 0.0650 e. The number of hydrogen-bond acceptors (Lipinski definition) is 2. The van der Waals surface area contributed by atoms with E-state index in [2.05, 4.69) is 25.8 Å². The quantitative estimate of drug-likeness (QED) is 0.643. The van der Waals surface area contributed by atoms with Crippen LogP contribution in [0.15, 0.2) is 0 Å². The van der Waals surface area contributed by atoms with Gasteiger partial charge in [0.2, 0.25) is 0 Å². The molecular formula is C10H21NO. The molecule has 1 fully saturated rings. The Bertz CT molecular complexity index is 130. The molecule has 1 atom stereocenters. The fourth-order valence-corrected chi connectivity index (χ4v) is 2.02. The minimum absolute atomic E-state index is 0.340. The lowest BCUT2D eigenvalue weighted by Crippen LogP contribution is -2.51. The van der Waals surface area contributed by atoms with Gasteiger partial charge in [0.1, 0.15) is 0 Å². The first-order valence-electron chi connectivity index (χ1n) is 5.04. The highest BCUT2D eigenvalue weighted by Crippen LogP contribution is 2.27. The van der Waals surface area contributed by atoms with Gasteiger partial charge in [-0.15, -0.1) is 0 Å². The Morgan fingerprint density at radius 3 is 2.58 bits per heavy atom. The molecule has 1 aliphatic heterocycles. The third kappa shape index (κ3) is 1.80. The molecule has 2 nitrogen and oxygen atoms in total. The topological polar surface area (TPSA) is 12.5 Å². The molecule has 0 amide bonds. The molecule has 0 bridgehead atoms. The monoisotopic (exact) mass is 171 g/mol. The number of hydrogen-bond donors (Lipinski definition) is 0. The second kappa shape index (κ2) is 4.24. The van der Waals surface area contributed by atoms with Crippen LogP contribution in [0.3, 0.4) is 0 Å². The van der Waals surface area contributed by atoms with Crippen molar-refractivity contribution in [3.8, 4) is 0 Å². The highest BCUT2D eigenvalue weighted by molar-refractivity contribution is 4.89. The summed E-state index contributed by atoms with van der Waals surface area (Å²) in [6.07, 6.45) is 3.73. The lowest BCUT2D eigenvalue weighted by molar-refractivity contribution is -0.0393. The highest BCUT2D eigenvalue weighted by atomic mass is 16.5. The molecule has 1 saturated heterocycles. The summed E-state index contributed by atoms with van der Waals surface area (Å²) in [5.41, 5.74) is 0.340. The summed E-state index contributed by atoms with van der Waals surface area (Å²) >= 11 is 0. The van der Waals surface area contributed by atoms with Crippen molar-refractivity contribution >= 4 is 0 Å². The summed E-state index contributed by atoms with van der Waals surface area (Å²) in [6.45, 7) is 7.48. The summed E-state index contributed by atoms with van der Waals surface area (Å²) in [7, 11) is 2.21. The van der Waals surface area contributed by atoms with Crippen molar-refractivity contribution in [2.75, 3.05) is 26.8 Å². The van der Waals surface area contributed by atoms with Crippen molar-refractivity contribution < 1.29 is 4.74 Å². The number of likely N-dealkylation sites (N-methyl/N-ethyl adjacent to an activating group) is 1. The van der Waals surface area contributed by atoms with Gasteiger partial charge in [-0.05, 0) is 32.9 Å². The van der Waals surface area contributed by atoms with Crippen LogP contribution in [0, 0.1) is 0 Å². The standard InChI is InChI=1S/C10H21NO/c1-4-10(11(3)5-2)7-6-8-12-9-10/h4-9H2,1-3H3. The average molecular weight is 171 g/mol. The van der Waals surface area contributed by atoms with Gasteiger partial charge in [-0.3, -0.25) is 4.90 Å². The summed E-state index contributed by atoms with van der Waals surface area (Å²) in [5, 5.41) is 0. The van der Waals surface area contributed by atoms with Crippen molar-refractivity contribution in [3.05, 3.63) is 0 Å². The molecule has 0 N–H and O–H groups in total. The second-order valence-electron chi connectivity index (χ2n) is 3.75. The van der Waals surface area contributed by atoms with Crippen LogP contribution in [0.1, 0.15) is 33.1 Å². The molecule has 0 spiro atoms. The Balaban J connectivity index is 2.59. The predicted molar refractivity (Wildman–Crippen MR) is 51.4 cm³/mol. The van der Waals surface area contributed by atoms with Crippen LogP contribution in [-0.4, -0.2) is 37.2 Å². The zero-order valence-corrected chi connectivity index (χ0v) is 8.60. The minimum atomic E-state index is 0.340. The van der Waals surface area contributed by atoms with Crippen LogP contribution in [0.25, 0.3) is 0 Å². The molecule has 0 aromatic rings. The fourth-order valence-electron chi connectivity index (χ4n) is 2.02. The zero-order chi connectivity index (χ0) is 9.03. The van der Waals surface area contributed by atoms with Crippen molar-refractivity contribution in [2.45, 2.75) is 38.6 Å². The van der Waals surface area contributed by atoms with Gasteiger partial charge in [0.15, 0.2) is 0 Å². The third-order valence-corrected chi connectivity index (χ3v) is 3.24. The summed E-state index contributed by atoms with van der Waals surface area (Å²) in [6, 6.07) is 0. The molecule has 1 rings (SSSR count). The van der Waals surface area contributed by atoms with Gasteiger partial charge < -0.3 is 4.74 Å². The van der Waals surface area contributed by atoms with E-state index in [9.17, 15) is 0 Å². The van der Waals surface area contributed by atoms with E-state index in [0.717, 1.165) is 19.8 Å². The maximum absolute atomic E-state index is 5.56. The molecule has 0 radical (unpaired) electrons. The average Bonchev–Trinajstić information content (AvgIpc) is 2.17. The molecule has 1 aliphatic rings. The van der Waals surface area contributed by atoms with Crippen molar-refractivity contribution in [2.24, 2.45) is 0 Å². The lowest BCUT2D eigenvalue weighted by Gasteiger charge is -2.43. The lowest BCUT2D eigenvalue weighted by atomic mass is 9.88. The van der Waals surface area contributed by atoms with Crippen LogP contribution in [0.2, 0.25) is 0 Å². The summed E-state index contributed by atoms with van der Waals surface area (Å²) in [5.74, 6) is 0. The molecule has 0 aromatic heterocycles. The molecule has 72 valence electrons. The van der Waals surface area contributed by atoms with Crippen LogP contribution in [0.5, 0.6) is 0 Å². The van der Waals surface area contributed by atoms with Crippen molar-refractivity contribution in [1.82, 2.24) is 4.90 Å². The van der Waals surface area contributed by atoms with Gasteiger partial charge in [-0.25, -0.2) is 0 Å². The largest absolute Gasteiger partial charge is 0.380 e. The first-order chi connectivity index (χ1) is 5.75. The molecule has 0 aliphatic carbocycles.